The summed E-state index contributed by atoms with van der Waals surface area (Å²) in [7, 11) is 0. The zero-order valence-corrected chi connectivity index (χ0v) is 19.1. The van der Waals surface area contributed by atoms with E-state index in [1.807, 2.05) is 105 Å². The van der Waals surface area contributed by atoms with E-state index in [1.165, 1.54) is 0 Å². The standard InChI is InChI=1S/C28H32N2O3/c1-20(2)18-24(19-31)29-28(33)26(23-16-10-5-11-17-23)30-27(32)25(21-12-6-3-7-13-21)22-14-8-4-9-15-22/h3-17,20,24-26,31H,18-19H2,1-2H3,(H,29,33)(H,30,32)/t24-,26+/m1/s1. The van der Waals surface area contributed by atoms with Crippen molar-refractivity contribution in [1.82, 2.24) is 10.6 Å². The number of amides is 2. The van der Waals surface area contributed by atoms with E-state index in [9.17, 15) is 14.7 Å². The summed E-state index contributed by atoms with van der Waals surface area (Å²) in [5.74, 6) is -0.849. The van der Waals surface area contributed by atoms with E-state index < -0.39 is 12.0 Å². The Kier molecular flexibility index (Phi) is 8.79. The fraction of sp³-hybridized carbons (Fsp3) is 0.286. The molecule has 0 heterocycles. The van der Waals surface area contributed by atoms with Gasteiger partial charge >= 0.3 is 0 Å². The van der Waals surface area contributed by atoms with Crippen molar-refractivity contribution in [2.24, 2.45) is 5.92 Å². The lowest BCUT2D eigenvalue weighted by molar-refractivity contribution is -0.130. The Balaban J connectivity index is 1.90. The molecule has 0 saturated carbocycles. The van der Waals surface area contributed by atoms with Gasteiger partial charge in [-0.05, 0) is 29.0 Å². The molecule has 3 rings (SSSR count). The van der Waals surface area contributed by atoms with E-state index in [2.05, 4.69) is 10.6 Å². The van der Waals surface area contributed by atoms with Gasteiger partial charge in [0, 0.05) is 0 Å². The van der Waals surface area contributed by atoms with Crippen LogP contribution >= 0.6 is 0 Å². The molecule has 3 N–H and O–H groups in total. The molecule has 3 aromatic rings. The van der Waals surface area contributed by atoms with Crippen LogP contribution in [0.25, 0.3) is 0 Å². The molecule has 33 heavy (non-hydrogen) atoms. The molecule has 0 spiro atoms. The van der Waals surface area contributed by atoms with Crippen LogP contribution in [-0.4, -0.2) is 29.6 Å². The molecular weight excluding hydrogens is 412 g/mol. The number of carbonyl (C=O) groups excluding carboxylic acids is 2. The number of hydrogen-bond acceptors (Lipinski definition) is 3. The molecule has 0 radical (unpaired) electrons. The van der Waals surface area contributed by atoms with E-state index in [0.717, 1.165) is 11.1 Å². The summed E-state index contributed by atoms with van der Waals surface area (Å²) in [5.41, 5.74) is 2.38. The summed E-state index contributed by atoms with van der Waals surface area (Å²) in [6.07, 6.45) is 0.647. The quantitative estimate of drug-likeness (QED) is 0.439. The third-order valence-corrected chi connectivity index (χ3v) is 5.53. The van der Waals surface area contributed by atoms with Crippen molar-refractivity contribution in [2.75, 3.05) is 6.61 Å². The Morgan fingerprint density at radius 2 is 1.15 bits per heavy atom. The average molecular weight is 445 g/mol. The maximum absolute atomic E-state index is 13.6. The van der Waals surface area contributed by atoms with Gasteiger partial charge in [0.05, 0.1) is 18.6 Å². The molecule has 0 fully saturated rings. The zero-order chi connectivity index (χ0) is 23.6. The van der Waals surface area contributed by atoms with Crippen molar-refractivity contribution in [1.29, 1.82) is 0 Å². The van der Waals surface area contributed by atoms with Crippen LogP contribution in [0, 0.1) is 5.92 Å². The summed E-state index contributed by atoms with van der Waals surface area (Å²) in [5, 5.41) is 15.6. The highest BCUT2D eigenvalue weighted by Crippen LogP contribution is 2.26. The lowest BCUT2D eigenvalue weighted by atomic mass is 9.90. The highest BCUT2D eigenvalue weighted by Gasteiger charge is 2.29. The van der Waals surface area contributed by atoms with Gasteiger partial charge in [-0.15, -0.1) is 0 Å². The second kappa shape index (κ2) is 12.0. The molecule has 2 atom stereocenters. The van der Waals surface area contributed by atoms with Crippen molar-refractivity contribution in [3.8, 4) is 0 Å². The van der Waals surface area contributed by atoms with Gasteiger partial charge in [-0.1, -0.05) is 105 Å². The summed E-state index contributed by atoms with van der Waals surface area (Å²) in [4.78, 5) is 26.9. The summed E-state index contributed by atoms with van der Waals surface area (Å²) >= 11 is 0. The van der Waals surface area contributed by atoms with Crippen molar-refractivity contribution in [3.05, 3.63) is 108 Å². The Morgan fingerprint density at radius 1 is 0.697 bits per heavy atom. The Morgan fingerprint density at radius 3 is 1.58 bits per heavy atom. The summed E-state index contributed by atoms with van der Waals surface area (Å²) < 4.78 is 0. The van der Waals surface area contributed by atoms with Crippen LogP contribution in [0.2, 0.25) is 0 Å². The van der Waals surface area contributed by atoms with E-state index in [1.54, 1.807) is 0 Å². The highest BCUT2D eigenvalue weighted by molar-refractivity contribution is 5.93. The average Bonchev–Trinajstić information content (AvgIpc) is 2.84. The number of rotatable bonds is 10. The zero-order valence-electron chi connectivity index (χ0n) is 19.1. The molecule has 0 aliphatic heterocycles. The van der Waals surface area contributed by atoms with E-state index >= 15 is 0 Å². The number of aliphatic hydroxyl groups is 1. The Labute approximate surface area is 195 Å². The Hall–Kier alpha value is -3.44. The number of carbonyl (C=O) groups is 2. The first-order valence-corrected chi connectivity index (χ1v) is 11.4. The first kappa shape index (κ1) is 24.2. The van der Waals surface area contributed by atoms with Crippen molar-refractivity contribution < 1.29 is 14.7 Å². The SMILES string of the molecule is CC(C)C[C@H](CO)NC(=O)[C@@H](NC(=O)C(c1ccccc1)c1ccccc1)c1ccccc1. The topological polar surface area (TPSA) is 78.4 Å². The molecule has 3 aromatic carbocycles. The monoisotopic (exact) mass is 444 g/mol. The van der Waals surface area contributed by atoms with Gasteiger partial charge in [0.2, 0.25) is 11.8 Å². The molecule has 0 unspecified atom stereocenters. The van der Waals surface area contributed by atoms with Gasteiger partial charge in [-0.2, -0.15) is 0 Å². The minimum Gasteiger partial charge on any atom is -0.394 e. The van der Waals surface area contributed by atoms with Gasteiger partial charge in [0.25, 0.3) is 0 Å². The number of benzene rings is 3. The molecule has 5 heteroatoms. The van der Waals surface area contributed by atoms with Crippen molar-refractivity contribution in [3.63, 3.8) is 0 Å². The maximum atomic E-state index is 13.6. The molecule has 0 aromatic heterocycles. The highest BCUT2D eigenvalue weighted by atomic mass is 16.3. The second-order valence-electron chi connectivity index (χ2n) is 8.62. The van der Waals surface area contributed by atoms with E-state index in [0.29, 0.717) is 17.9 Å². The minimum absolute atomic E-state index is 0.157. The number of hydrogen-bond donors (Lipinski definition) is 3. The van der Waals surface area contributed by atoms with Crippen LogP contribution in [0.1, 0.15) is 48.9 Å². The van der Waals surface area contributed by atoms with Gasteiger partial charge in [0.15, 0.2) is 0 Å². The first-order chi connectivity index (χ1) is 16.0. The van der Waals surface area contributed by atoms with Crippen LogP contribution < -0.4 is 10.6 Å². The molecule has 0 saturated heterocycles. The van der Waals surface area contributed by atoms with Gasteiger partial charge in [-0.3, -0.25) is 9.59 Å². The van der Waals surface area contributed by atoms with Crippen LogP contribution in [0.4, 0.5) is 0 Å². The molecule has 2 amide bonds. The summed E-state index contributed by atoms with van der Waals surface area (Å²) in [6, 6.07) is 27.0. The lowest BCUT2D eigenvalue weighted by Gasteiger charge is -2.26. The third kappa shape index (κ3) is 6.77. The Bertz CT molecular complexity index is 968. The van der Waals surface area contributed by atoms with Crippen molar-refractivity contribution >= 4 is 11.8 Å². The van der Waals surface area contributed by atoms with Crippen LogP contribution in [0.3, 0.4) is 0 Å². The van der Waals surface area contributed by atoms with Gasteiger partial charge < -0.3 is 15.7 Å². The van der Waals surface area contributed by atoms with Crippen LogP contribution in [0.5, 0.6) is 0 Å². The smallest absolute Gasteiger partial charge is 0.247 e. The van der Waals surface area contributed by atoms with E-state index in [4.69, 9.17) is 0 Å². The molecular formula is C28H32N2O3. The predicted molar refractivity (Wildman–Crippen MR) is 131 cm³/mol. The second-order valence-corrected chi connectivity index (χ2v) is 8.62. The first-order valence-electron chi connectivity index (χ1n) is 11.4. The molecule has 0 aliphatic carbocycles. The van der Waals surface area contributed by atoms with Crippen molar-refractivity contribution in [2.45, 2.75) is 38.3 Å². The lowest BCUT2D eigenvalue weighted by Crippen LogP contribution is -2.47. The molecule has 172 valence electrons. The van der Waals surface area contributed by atoms with Gasteiger partial charge in [0.1, 0.15) is 6.04 Å². The number of aliphatic hydroxyl groups excluding tert-OH is 1. The molecule has 0 bridgehead atoms. The van der Waals surface area contributed by atoms with Gasteiger partial charge in [-0.25, -0.2) is 0 Å². The number of nitrogens with one attached hydrogen (secondary N) is 2. The fourth-order valence-corrected chi connectivity index (χ4v) is 3.99. The normalized spacial score (nSPS) is 12.9. The third-order valence-electron chi connectivity index (χ3n) is 5.53. The fourth-order valence-electron chi connectivity index (χ4n) is 3.99. The predicted octanol–water partition coefficient (Wildman–Crippen LogP) is 4.20. The van der Waals surface area contributed by atoms with E-state index in [-0.39, 0.29) is 24.5 Å². The minimum atomic E-state index is -0.880. The molecule has 5 nitrogen and oxygen atoms in total. The maximum Gasteiger partial charge on any atom is 0.247 e. The molecule has 0 aliphatic rings. The van der Waals surface area contributed by atoms with Crippen LogP contribution in [0.15, 0.2) is 91.0 Å². The van der Waals surface area contributed by atoms with Crippen LogP contribution in [-0.2, 0) is 9.59 Å². The largest absolute Gasteiger partial charge is 0.394 e. The summed E-state index contributed by atoms with van der Waals surface area (Å²) in [6.45, 7) is 3.92.